The second kappa shape index (κ2) is 8.23. The van der Waals surface area contributed by atoms with Gasteiger partial charge in [-0.15, -0.1) is 11.3 Å². The normalized spacial score (nSPS) is 14.1. The number of ether oxygens (including phenoxy) is 1. The molecule has 0 aliphatic rings. The lowest BCUT2D eigenvalue weighted by Gasteiger charge is -2.02. The summed E-state index contributed by atoms with van der Waals surface area (Å²) in [5.74, 6) is 0. The van der Waals surface area contributed by atoms with Crippen LogP contribution in [0.4, 0.5) is 4.79 Å². The highest BCUT2D eigenvalue weighted by Crippen LogP contribution is 2.10. The third kappa shape index (κ3) is 7.17. The Morgan fingerprint density at radius 3 is 3.05 bits per heavy atom. The Balaban J connectivity index is 2.40. The first kappa shape index (κ1) is 15.1. The summed E-state index contributed by atoms with van der Waals surface area (Å²) in [4.78, 5) is 15.8. The van der Waals surface area contributed by atoms with Crippen LogP contribution in [0.1, 0.15) is 11.8 Å². The molecule has 4 N–H and O–H groups in total. The van der Waals surface area contributed by atoms with Gasteiger partial charge in [0.2, 0.25) is 0 Å². The lowest BCUT2D eigenvalue weighted by Crippen LogP contribution is -2.23. The third-order valence-electron chi connectivity index (χ3n) is 1.90. The molecule has 0 fully saturated rings. The third-order valence-corrected chi connectivity index (χ3v) is 2.74. The van der Waals surface area contributed by atoms with E-state index in [1.165, 1.54) is 12.3 Å². The van der Waals surface area contributed by atoms with Gasteiger partial charge in [-0.05, 0) is 36.6 Å². The largest absolute Gasteiger partial charge is 0.446 e. The number of hydrogen-bond donors (Lipinski definition) is 2. The fourth-order valence-corrected chi connectivity index (χ4v) is 1.66. The van der Waals surface area contributed by atoms with Crippen molar-refractivity contribution in [3.8, 4) is 0 Å². The average molecular weight is 279 g/mol. The fourth-order valence-electron chi connectivity index (χ4n) is 1.04. The topological polar surface area (TPSA) is 90.7 Å². The first-order valence-electron chi connectivity index (χ1n) is 5.71. The second-order valence-electron chi connectivity index (χ2n) is 3.85. The van der Waals surface area contributed by atoms with Gasteiger partial charge < -0.3 is 16.2 Å². The van der Waals surface area contributed by atoms with E-state index in [0.29, 0.717) is 5.70 Å². The van der Waals surface area contributed by atoms with Gasteiger partial charge in [-0.25, -0.2) is 4.79 Å². The van der Waals surface area contributed by atoms with Crippen molar-refractivity contribution >= 4 is 29.7 Å². The van der Waals surface area contributed by atoms with E-state index < -0.39 is 6.09 Å². The number of nitrogens with zero attached hydrogens (tertiary/aromatic N) is 1. The molecule has 1 unspecified atom stereocenters. The maximum absolute atomic E-state index is 11.1. The molecule has 1 aromatic rings. The molecule has 0 aliphatic heterocycles. The van der Waals surface area contributed by atoms with Gasteiger partial charge in [0.1, 0.15) is 6.61 Å². The Morgan fingerprint density at radius 1 is 1.63 bits per heavy atom. The molecule has 0 spiro atoms. The smallest absolute Gasteiger partial charge is 0.433 e. The zero-order chi connectivity index (χ0) is 14.1. The number of thiophene rings is 1. The molecule has 1 aromatic heterocycles. The van der Waals surface area contributed by atoms with Crippen LogP contribution in [0.2, 0.25) is 0 Å². The Labute approximate surface area is 116 Å². The van der Waals surface area contributed by atoms with Crippen LogP contribution in [0.5, 0.6) is 0 Å². The summed E-state index contributed by atoms with van der Waals surface area (Å²) < 4.78 is 4.76. The van der Waals surface area contributed by atoms with Gasteiger partial charge >= 0.3 is 6.09 Å². The molecule has 1 atom stereocenters. The summed E-state index contributed by atoms with van der Waals surface area (Å²) in [7, 11) is 0. The van der Waals surface area contributed by atoms with E-state index in [0.717, 1.165) is 4.88 Å². The van der Waals surface area contributed by atoms with Crippen LogP contribution in [0, 0.1) is 0 Å². The van der Waals surface area contributed by atoms with Crippen molar-refractivity contribution in [1.29, 1.82) is 0 Å². The Kier molecular flexibility index (Phi) is 6.56. The highest BCUT2D eigenvalue weighted by molar-refractivity contribution is 7.10. The van der Waals surface area contributed by atoms with Crippen LogP contribution in [0.3, 0.4) is 0 Å². The van der Waals surface area contributed by atoms with Crippen molar-refractivity contribution in [2.75, 3.05) is 6.61 Å². The molecular weight excluding hydrogens is 262 g/mol. The molecule has 1 rings (SSSR count). The van der Waals surface area contributed by atoms with Gasteiger partial charge in [-0.3, -0.25) is 0 Å². The average Bonchev–Trinajstić information content (AvgIpc) is 2.87. The minimum Gasteiger partial charge on any atom is -0.446 e. The van der Waals surface area contributed by atoms with Crippen LogP contribution in [0.15, 0.2) is 40.4 Å². The predicted molar refractivity (Wildman–Crippen MR) is 79.1 cm³/mol. The number of carbonyl (C=O) groups excluding carboxylic acids is 1. The number of allylic oxidation sites excluding steroid dienone is 2. The van der Waals surface area contributed by atoms with Crippen molar-refractivity contribution in [1.82, 2.24) is 0 Å². The number of nitrogens with two attached hydrogens (primary N) is 2. The van der Waals surface area contributed by atoms with Crippen molar-refractivity contribution in [3.63, 3.8) is 0 Å². The molecule has 0 bridgehead atoms. The molecule has 0 saturated heterocycles. The zero-order valence-electron chi connectivity index (χ0n) is 10.7. The summed E-state index contributed by atoms with van der Waals surface area (Å²) >= 11 is 1.61. The number of carbonyl (C=O) groups is 1. The second-order valence-corrected chi connectivity index (χ2v) is 4.83. The minimum atomic E-state index is -0.677. The van der Waals surface area contributed by atoms with Crippen molar-refractivity contribution in [2.45, 2.75) is 13.0 Å². The van der Waals surface area contributed by atoms with E-state index in [-0.39, 0.29) is 12.6 Å². The lowest BCUT2D eigenvalue weighted by molar-refractivity contribution is 0.152. The van der Waals surface area contributed by atoms with Gasteiger partial charge in [0, 0.05) is 22.8 Å². The molecule has 0 aromatic carbocycles. The van der Waals surface area contributed by atoms with Crippen LogP contribution >= 0.6 is 11.3 Å². The van der Waals surface area contributed by atoms with Crippen molar-refractivity contribution < 1.29 is 9.53 Å². The Hall–Kier alpha value is -1.92. The summed E-state index contributed by atoms with van der Waals surface area (Å²) in [6, 6.07) is 3.74. The number of aliphatic imine (C=N–C) groups is 1. The highest BCUT2D eigenvalue weighted by Gasteiger charge is 1.99. The quantitative estimate of drug-likeness (QED) is 0.638. The Morgan fingerprint density at radius 2 is 2.42 bits per heavy atom. The maximum Gasteiger partial charge on any atom is 0.433 e. The van der Waals surface area contributed by atoms with Gasteiger partial charge in [-0.2, -0.15) is 4.99 Å². The minimum absolute atomic E-state index is 0.146. The van der Waals surface area contributed by atoms with E-state index in [1.807, 2.05) is 23.6 Å². The molecule has 5 nitrogen and oxygen atoms in total. The van der Waals surface area contributed by atoms with Gasteiger partial charge in [0.15, 0.2) is 0 Å². The van der Waals surface area contributed by atoms with Gasteiger partial charge in [-0.1, -0.05) is 6.07 Å². The molecule has 0 aliphatic carbocycles. The van der Waals surface area contributed by atoms with E-state index in [1.54, 1.807) is 24.3 Å². The van der Waals surface area contributed by atoms with Crippen LogP contribution in [0.25, 0.3) is 6.08 Å². The van der Waals surface area contributed by atoms with E-state index in [9.17, 15) is 4.79 Å². The van der Waals surface area contributed by atoms with Gasteiger partial charge in [0.25, 0.3) is 0 Å². The first-order valence-corrected chi connectivity index (χ1v) is 6.59. The zero-order valence-corrected chi connectivity index (χ0v) is 11.5. The Bertz CT molecular complexity index is 476. The summed E-state index contributed by atoms with van der Waals surface area (Å²) in [5, 5.41) is 1.98. The van der Waals surface area contributed by atoms with Gasteiger partial charge in [0.05, 0.1) is 0 Å². The van der Waals surface area contributed by atoms with E-state index >= 15 is 0 Å². The molecule has 6 heteroatoms. The summed E-state index contributed by atoms with van der Waals surface area (Å²) in [6.45, 7) is 1.89. The lowest BCUT2D eigenvalue weighted by atomic mass is 10.3. The number of rotatable bonds is 5. The maximum atomic E-state index is 11.1. The molecule has 19 heavy (non-hydrogen) atoms. The summed E-state index contributed by atoms with van der Waals surface area (Å²) in [6.07, 6.45) is 5.78. The van der Waals surface area contributed by atoms with Crippen molar-refractivity contribution in [3.05, 3.63) is 40.2 Å². The number of hydrogen-bond acceptors (Lipinski definition) is 5. The van der Waals surface area contributed by atoms with Crippen LogP contribution < -0.4 is 11.5 Å². The molecule has 0 saturated carbocycles. The predicted octanol–water partition coefficient (Wildman–Crippen LogP) is 2.16. The molecule has 0 radical (unpaired) electrons. The summed E-state index contributed by atoms with van der Waals surface area (Å²) in [5.41, 5.74) is 11.6. The van der Waals surface area contributed by atoms with E-state index in [4.69, 9.17) is 16.2 Å². The molecule has 1 amide bonds. The van der Waals surface area contributed by atoms with Crippen LogP contribution in [-0.2, 0) is 4.74 Å². The van der Waals surface area contributed by atoms with Crippen LogP contribution in [-0.4, -0.2) is 25.0 Å². The molecule has 102 valence electrons. The fraction of sp³-hybridized carbons (Fsp3) is 0.231. The molecular formula is C13H17N3O2S. The SMILES string of the molecule is CC(N)COC(=O)/N=C/C=C(N)/C=C/c1cccs1. The van der Waals surface area contributed by atoms with E-state index in [2.05, 4.69) is 4.99 Å². The standard InChI is InChI=1S/C13H17N3O2S/c1-10(14)9-18-13(17)16-7-6-11(15)4-5-12-3-2-8-19-12/h2-8,10H,9,14-15H2,1H3/b5-4+,11-6-,16-7+. The molecule has 1 heterocycles. The van der Waals surface area contributed by atoms with Crippen molar-refractivity contribution in [2.24, 2.45) is 16.5 Å². The highest BCUT2D eigenvalue weighted by atomic mass is 32.1. The number of amides is 1. The first-order chi connectivity index (χ1) is 9.08. The monoisotopic (exact) mass is 279 g/mol.